The van der Waals surface area contributed by atoms with E-state index >= 15 is 0 Å². The number of thiocarbonyl (C=S) groups is 1. The predicted octanol–water partition coefficient (Wildman–Crippen LogP) is 2.18. The fourth-order valence-electron chi connectivity index (χ4n) is 1.73. The third-order valence-electron chi connectivity index (χ3n) is 2.60. The fraction of sp³-hybridized carbons (Fsp3) is 0.462. The third-order valence-corrected chi connectivity index (χ3v) is 2.82. The van der Waals surface area contributed by atoms with Gasteiger partial charge in [0.05, 0.1) is 6.61 Å². The molecular formula is C13H20N2OS. The SMILES string of the molecule is CCOCCN(CC)c1ccccc1C(N)=S. The maximum Gasteiger partial charge on any atom is 0.106 e. The van der Waals surface area contributed by atoms with Gasteiger partial charge in [-0.05, 0) is 26.0 Å². The summed E-state index contributed by atoms with van der Waals surface area (Å²) in [6, 6.07) is 7.96. The van der Waals surface area contributed by atoms with E-state index in [1.54, 1.807) is 0 Å². The quantitative estimate of drug-likeness (QED) is 0.596. The number of ether oxygens (including phenoxy) is 1. The van der Waals surface area contributed by atoms with Crippen LogP contribution in [0.4, 0.5) is 5.69 Å². The minimum atomic E-state index is 0.440. The molecule has 0 spiro atoms. The molecule has 1 aromatic carbocycles. The van der Waals surface area contributed by atoms with Crippen LogP contribution in [0.15, 0.2) is 24.3 Å². The van der Waals surface area contributed by atoms with Gasteiger partial charge >= 0.3 is 0 Å². The van der Waals surface area contributed by atoms with Crippen molar-refractivity contribution >= 4 is 22.9 Å². The van der Waals surface area contributed by atoms with Gasteiger partial charge in [0.25, 0.3) is 0 Å². The molecular weight excluding hydrogens is 232 g/mol. The normalized spacial score (nSPS) is 10.2. The molecule has 0 heterocycles. The number of para-hydroxylation sites is 1. The van der Waals surface area contributed by atoms with Gasteiger partial charge in [-0.1, -0.05) is 24.4 Å². The summed E-state index contributed by atoms with van der Waals surface area (Å²) in [7, 11) is 0. The van der Waals surface area contributed by atoms with Crippen molar-refractivity contribution in [3.63, 3.8) is 0 Å². The largest absolute Gasteiger partial charge is 0.389 e. The van der Waals surface area contributed by atoms with Crippen LogP contribution in [0.1, 0.15) is 19.4 Å². The lowest BCUT2D eigenvalue weighted by Crippen LogP contribution is -2.29. The van der Waals surface area contributed by atoms with E-state index in [4.69, 9.17) is 22.7 Å². The van der Waals surface area contributed by atoms with Crippen molar-refractivity contribution in [3.05, 3.63) is 29.8 Å². The second-order valence-corrected chi connectivity index (χ2v) is 4.10. The number of nitrogens with two attached hydrogens (primary N) is 1. The summed E-state index contributed by atoms with van der Waals surface area (Å²) in [5.41, 5.74) is 7.75. The molecule has 3 nitrogen and oxygen atoms in total. The molecule has 0 fully saturated rings. The first kappa shape index (κ1) is 13.9. The summed E-state index contributed by atoms with van der Waals surface area (Å²) in [6.45, 7) is 7.34. The molecule has 4 heteroatoms. The first-order chi connectivity index (χ1) is 8.20. The Bertz CT molecular complexity index is 368. The van der Waals surface area contributed by atoms with Crippen molar-refractivity contribution in [2.24, 2.45) is 5.73 Å². The van der Waals surface area contributed by atoms with Crippen LogP contribution in [-0.4, -0.2) is 31.3 Å². The van der Waals surface area contributed by atoms with E-state index in [0.717, 1.165) is 37.6 Å². The number of anilines is 1. The van der Waals surface area contributed by atoms with Crippen molar-refractivity contribution in [2.75, 3.05) is 31.2 Å². The van der Waals surface area contributed by atoms with Crippen LogP contribution in [0.25, 0.3) is 0 Å². The first-order valence-corrected chi connectivity index (χ1v) is 6.33. The molecule has 0 aromatic heterocycles. The lowest BCUT2D eigenvalue weighted by atomic mass is 10.1. The lowest BCUT2D eigenvalue weighted by Gasteiger charge is -2.25. The highest BCUT2D eigenvalue weighted by Gasteiger charge is 2.10. The second-order valence-electron chi connectivity index (χ2n) is 3.66. The van der Waals surface area contributed by atoms with Crippen molar-refractivity contribution in [3.8, 4) is 0 Å². The molecule has 0 bridgehead atoms. The molecule has 0 saturated carbocycles. The van der Waals surface area contributed by atoms with E-state index in [2.05, 4.69) is 11.8 Å². The van der Waals surface area contributed by atoms with Gasteiger partial charge in [-0.15, -0.1) is 0 Å². The topological polar surface area (TPSA) is 38.5 Å². The maximum atomic E-state index is 5.74. The van der Waals surface area contributed by atoms with Gasteiger partial charge in [0.2, 0.25) is 0 Å². The molecule has 2 N–H and O–H groups in total. The number of benzene rings is 1. The van der Waals surface area contributed by atoms with Gasteiger partial charge in [0, 0.05) is 30.9 Å². The average Bonchev–Trinajstić information content (AvgIpc) is 2.35. The monoisotopic (exact) mass is 252 g/mol. The first-order valence-electron chi connectivity index (χ1n) is 5.92. The number of likely N-dealkylation sites (N-methyl/N-ethyl adjacent to an activating group) is 1. The number of hydrogen-bond acceptors (Lipinski definition) is 3. The van der Waals surface area contributed by atoms with Crippen molar-refractivity contribution < 1.29 is 4.74 Å². The van der Waals surface area contributed by atoms with E-state index in [-0.39, 0.29) is 0 Å². The average molecular weight is 252 g/mol. The smallest absolute Gasteiger partial charge is 0.106 e. The Balaban J connectivity index is 2.83. The molecule has 0 aliphatic heterocycles. The summed E-state index contributed by atoms with van der Waals surface area (Å²) in [6.07, 6.45) is 0. The van der Waals surface area contributed by atoms with Crippen molar-refractivity contribution in [1.29, 1.82) is 0 Å². The van der Waals surface area contributed by atoms with Crippen LogP contribution in [0.3, 0.4) is 0 Å². The third kappa shape index (κ3) is 3.98. The van der Waals surface area contributed by atoms with Gasteiger partial charge in [0.15, 0.2) is 0 Å². The highest BCUT2D eigenvalue weighted by molar-refractivity contribution is 7.80. The zero-order valence-electron chi connectivity index (χ0n) is 10.5. The summed E-state index contributed by atoms with van der Waals surface area (Å²) in [5, 5.41) is 0. The Morgan fingerprint density at radius 2 is 2.06 bits per heavy atom. The summed E-state index contributed by atoms with van der Waals surface area (Å²) < 4.78 is 5.38. The Labute approximate surface area is 109 Å². The molecule has 1 rings (SSSR count). The zero-order valence-corrected chi connectivity index (χ0v) is 11.3. The number of hydrogen-bond donors (Lipinski definition) is 1. The molecule has 0 aliphatic rings. The van der Waals surface area contributed by atoms with E-state index < -0.39 is 0 Å². The molecule has 0 amide bonds. The van der Waals surface area contributed by atoms with Crippen molar-refractivity contribution in [2.45, 2.75) is 13.8 Å². The highest BCUT2D eigenvalue weighted by atomic mass is 32.1. The highest BCUT2D eigenvalue weighted by Crippen LogP contribution is 2.19. The van der Waals surface area contributed by atoms with E-state index in [9.17, 15) is 0 Å². The van der Waals surface area contributed by atoms with E-state index in [1.807, 2.05) is 31.2 Å². The predicted molar refractivity (Wildman–Crippen MR) is 76.7 cm³/mol. The Morgan fingerprint density at radius 3 is 2.65 bits per heavy atom. The fourth-order valence-corrected chi connectivity index (χ4v) is 1.90. The molecule has 0 aliphatic carbocycles. The molecule has 0 unspecified atom stereocenters. The zero-order chi connectivity index (χ0) is 12.7. The van der Waals surface area contributed by atoms with Gasteiger partial charge in [0.1, 0.15) is 4.99 Å². The number of nitrogens with zero attached hydrogens (tertiary/aromatic N) is 1. The molecule has 1 aromatic rings. The van der Waals surface area contributed by atoms with Crippen LogP contribution in [0.2, 0.25) is 0 Å². The molecule has 0 saturated heterocycles. The van der Waals surface area contributed by atoms with Crippen molar-refractivity contribution in [1.82, 2.24) is 0 Å². The molecule has 94 valence electrons. The van der Waals surface area contributed by atoms with Crippen LogP contribution >= 0.6 is 12.2 Å². The molecule has 0 radical (unpaired) electrons. The van der Waals surface area contributed by atoms with E-state index in [1.165, 1.54) is 0 Å². The van der Waals surface area contributed by atoms with Gasteiger partial charge in [-0.2, -0.15) is 0 Å². The minimum absolute atomic E-state index is 0.440. The van der Waals surface area contributed by atoms with Gasteiger partial charge in [-0.3, -0.25) is 0 Å². The molecule has 17 heavy (non-hydrogen) atoms. The Morgan fingerprint density at radius 1 is 1.35 bits per heavy atom. The van der Waals surface area contributed by atoms with Crippen LogP contribution in [-0.2, 0) is 4.74 Å². The summed E-state index contributed by atoms with van der Waals surface area (Å²) >= 11 is 5.07. The Kier molecular flexibility index (Phi) is 5.94. The van der Waals surface area contributed by atoms with Crippen LogP contribution in [0.5, 0.6) is 0 Å². The van der Waals surface area contributed by atoms with Crippen LogP contribution < -0.4 is 10.6 Å². The Hall–Kier alpha value is -1.13. The molecule has 0 atom stereocenters. The van der Waals surface area contributed by atoms with Gasteiger partial charge < -0.3 is 15.4 Å². The standard InChI is InChI=1S/C13H20N2OS/c1-3-15(9-10-16-4-2)12-8-6-5-7-11(12)13(14)17/h5-8H,3-4,9-10H2,1-2H3,(H2,14,17). The maximum absolute atomic E-state index is 5.74. The minimum Gasteiger partial charge on any atom is -0.389 e. The summed E-state index contributed by atoms with van der Waals surface area (Å²) in [4.78, 5) is 2.67. The summed E-state index contributed by atoms with van der Waals surface area (Å²) in [5.74, 6) is 0. The lowest BCUT2D eigenvalue weighted by molar-refractivity contribution is 0.154. The van der Waals surface area contributed by atoms with Gasteiger partial charge in [-0.25, -0.2) is 0 Å². The van der Waals surface area contributed by atoms with E-state index in [0.29, 0.717) is 4.99 Å². The number of rotatable bonds is 7. The second kappa shape index (κ2) is 7.25. The van der Waals surface area contributed by atoms with Crippen LogP contribution in [0, 0.1) is 0 Å².